The van der Waals surface area contributed by atoms with E-state index in [4.69, 9.17) is 4.42 Å². The Morgan fingerprint density at radius 2 is 1.82 bits per heavy atom. The lowest BCUT2D eigenvalue weighted by atomic mass is 10.1. The molecule has 4 aromatic rings. The molecule has 0 fully saturated rings. The molecule has 8 heteroatoms. The first kappa shape index (κ1) is 18.1. The average Bonchev–Trinajstić information content (AvgIpc) is 3.11. The van der Waals surface area contributed by atoms with Crippen LogP contribution in [0.3, 0.4) is 0 Å². The molecule has 0 unspecified atom stereocenters. The Labute approximate surface area is 172 Å². The normalized spacial score (nSPS) is 10.8. The fourth-order valence-corrected chi connectivity index (χ4v) is 3.10. The van der Waals surface area contributed by atoms with Gasteiger partial charge in [0.05, 0.1) is 4.92 Å². The molecule has 0 bridgehead atoms. The van der Waals surface area contributed by atoms with Crippen molar-refractivity contribution in [3.8, 4) is 11.5 Å². The van der Waals surface area contributed by atoms with Crippen LogP contribution < -0.4 is 5.32 Å². The van der Waals surface area contributed by atoms with E-state index in [-0.39, 0.29) is 11.3 Å². The van der Waals surface area contributed by atoms with Gasteiger partial charge in [-0.2, -0.15) is 0 Å². The third-order valence-corrected chi connectivity index (χ3v) is 4.80. The van der Waals surface area contributed by atoms with Crippen LogP contribution in [0, 0.1) is 13.7 Å². The van der Waals surface area contributed by atoms with Gasteiger partial charge >= 0.3 is 0 Å². The Morgan fingerprint density at radius 3 is 2.57 bits per heavy atom. The fourth-order valence-electron chi connectivity index (χ4n) is 2.74. The summed E-state index contributed by atoms with van der Waals surface area (Å²) in [4.78, 5) is 27.5. The second kappa shape index (κ2) is 7.39. The Bertz CT molecular complexity index is 1200. The summed E-state index contributed by atoms with van der Waals surface area (Å²) < 4.78 is 6.88. The summed E-state index contributed by atoms with van der Waals surface area (Å²) in [5, 5.41) is 13.8. The Morgan fingerprint density at radius 1 is 1.07 bits per heavy atom. The first-order valence-corrected chi connectivity index (χ1v) is 9.30. The number of oxazole rings is 1. The number of nitro groups is 1. The van der Waals surface area contributed by atoms with Gasteiger partial charge in [0.15, 0.2) is 5.58 Å². The van der Waals surface area contributed by atoms with Crippen LogP contribution in [0.1, 0.15) is 10.4 Å². The standard InChI is InChI=1S/C20H12IN3O4/c21-13-7-5-12(6-8-13)20-23-16-11-14(9-10-18(16)28-20)22-19(25)15-3-1-2-4-17(15)24(26)27/h1-11H,(H,22,25). The van der Waals surface area contributed by atoms with Crippen molar-refractivity contribution in [3.05, 3.63) is 86.0 Å². The zero-order valence-electron chi connectivity index (χ0n) is 14.3. The van der Waals surface area contributed by atoms with Gasteiger partial charge in [-0.05, 0) is 71.1 Å². The molecule has 7 nitrogen and oxygen atoms in total. The molecule has 0 spiro atoms. The van der Waals surface area contributed by atoms with Crippen molar-refractivity contribution in [2.45, 2.75) is 0 Å². The predicted molar refractivity (Wildman–Crippen MR) is 113 cm³/mol. The molecule has 4 rings (SSSR count). The van der Waals surface area contributed by atoms with Crippen LogP contribution in [0.15, 0.2) is 71.1 Å². The molecule has 0 aliphatic rings. The van der Waals surface area contributed by atoms with Crippen LogP contribution in [0.2, 0.25) is 0 Å². The molecule has 138 valence electrons. The number of para-hydroxylation sites is 1. The molecule has 0 radical (unpaired) electrons. The van der Waals surface area contributed by atoms with Gasteiger partial charge in [-0.15, -0.1) is 0 Å². The van der Waals surface area contributed by atoms with Crippen molar-refractivity contribution < 1.29 is 14.1 Å². The van der Waals surface area contributed by atoms with Crippen molar-refractivity contribution in [3.63, 3.8) is 0 Å². The Kier molecular flexibility index (Phi) is 4.78. The first-order valence-electron chi connectivity index (χ1n) is 8.22. The summed E-state index contributed by atoms with van der Waals surface area (Å²) in [5.41, 5.74) is 2.22. The second-order valence-corrected chi connectivity index (χ2v) is 7.18. The van der Waals surface area contributed by atoms with E-state index in [9.17, 15) is 14.9 Å². The lowest BCUT2D eigenvalue weighted by Crippen LogP contribution is -2.13. The summed E-state index contributed by atoms with van der Waals surface area (Å²) in [6, 6.07) is 18.6. The SMILES string of the molecule is O=C(Nc1ccc2oc(-c3ccc(I)cc3)nc2c1)c1ccccc1[N+](=O)[O-]. The fraction of sp³-hybridized carbons (Fsp3) is 0. The van der Waals surface area contributed by atoms with Gasteiger partial charge in [0, 0.05) is 20.9 Å². The number of fused-ring (bicyclic) bond motifs is 1. The number of hydrogen-bond donors (Lipinski definition) is 1. The van der Waals surface area contributed by atoms with E-state index in [1.165, 1.54) is 18.2 Å². The topological polar surface area (TPSA) is 98.3 Å². The molecule has 0 aliphatic heterocycles. The number of benzene rings is 3. The van der Waals surface area contributed by atoms with E-state index < -0.39 is 10.8 Å². The number of aromatic nitrogens is 1. The second-order valence-electron chi connectivity index (χ2n) is 5.94. The lowest BCUT2D eigenvalue weighted by Gasteiger charge is -2.05. The summed E-state index contributed by atoms with van der Waals surface area (Å²) >= 11 is 2.22. The van der Waals surface area contributed by atoms with Gasteiger partial charge in [-0.1, -0.05) is 12.1 Å². The number of nitrogens with zero attached hydrogens (tertiary/aromatic N) is 2. The van der Waals surface area contributed by atoms with Crippen LogP contribution >= 0.6 is 22.6 Å². The van der Waals surface area contributed by atoms with Gasteiger partial charge in [0.2, 0.25) is 5.89 Å². The zero-order valence-corrected chi connectivity index (χ0v) is 16.4. The minimum atomic E-state index is -0.580. The average molecular weight is 485 g/mol. The number of carbonyl (C=O) groups is 1. The number of halogens is 1. The maximum atomic E-state index is 12.5. The van der Waals surface area contributed by atoms with E-state index in [0.717, 1.165) is 9.13 Å². The van der Waals surface area contributed by atoms with Crippen molar-refractivity contribution in [2.24, 2.45) is 0 Å². The van der Waals surface area contributed by atoms with Gasteiger partial charge in [0.1, 0.15) is 11.1 Å². The van der Waals surface area contributed by atoms with Gasteiger partial charge in [0.25, 0.3) is 11.6 Å². The number of nitrogens with one attached hydrogen (secondary N) is 1. The number of rotatable bonds is 4. The zero-order chi connectivity index (χ0) is 19.7. The highest BCUT2D eigenvalue weighted by Crippen LogP contribution is 2.27. The molecular formula is C20H12IN3O4. The quantitative estimate of drug-likeness (QED) is 0.242. The summed E-state index contributed by atoms with van der Waals surface area (Å²) in [6.07, 6.45) is 0. The van der Waals surface area contributed by atoms with Crippen molar-refractivity contribution in [1.82, 2.24) is 4.98 Å². The van der Waals surface area contributed by atoms with E-state index in [2.05, 4.69) is 32.9 Å². The molecular weight excluding hydrogens is 473 g/mol. The van der Waals surface area contributed by atoms with Crippen LogP contribution in [0.25, 0.3) is 22.6 Å². The van der Waals surface area contributed by atoms with Crippen molar-refractivity contribution in [1.29, 1.82) is 0 Å². The molecule has 0 aliphatic carbocycles. The molecule has 1 amide bonds. The third kappa shape index (κ3) is 3.58. The Hall–Kier alpha value is -3.27. The molecule has 1 heterocycles. The van der Waals surface area contributed by atoms with E-state index in [1.54, 1.807) is 24.3 Å². The van der Waals surface area contributed by atoms with E-state index >= 15 is 0 Å². The summed E-state index contributed by atoms with van der Waals surface area (Å²) in [6.45, 7) is 0. The minimum Gasteiger partial charge on any atom is -0.436 e. The van der Waals surface area contributed by atoms with Crippen LogP contribution in [-0.4, -0.2) is 15.8 Å². The minimum absolute atomic E-state index is 0.00710. The van der Waals surface area contributed by atoms with Gasteiger partial charge in [-0.3, -0.25) is 14.9 Å². The highest BCUT2D eigenvalue weighted by atomic mass is 127. The van der Waals surface area contributed by atoms with Gasteiger partial charge in [-0.25, -0.2) is 4.98 Å². The largest absolute Gasteiger partial charge is 0.436 e. The monoisotopic (exact) mass is 485 g/mol. The lowest BCUT2D eigenvalue weighted by molar-refractivity contribution is -0.385. The summed E-state index contributed by atoms with van der Waals surface area (Å²) in [5.74, 6) is -0.0819. The number of amides is 1. The molecule has 1 N–H and O–H groups in total. The van der Waals surface area contributed by atoms with Gasteiger partial charge < -0.3 is 9.73 Å². The molecule has 0 atom stereocenters. The van der Waals surface area contributed by atoms with Crippen LogP contribution in [-0.2, 0) is 0 Å². The number of carbonyl (C=O) groups excluding carboxylic acids is 1. The number of anilines is 1. The van der Waals surface area contributed by atoms with Crippen LogP contribution in [0.5, 0.6) is 0 Å². The van der Waals surface area contributed by atoms with Crippen molar-refractivity contribution in [2.75, 3.05) is 5.32 Å². The summed E-state index contributed by atoms with van der Waals surface area (Å²) in [7, 11) is 0. The Balaban J connectivity index is 1.62. The first-order chi connectivity index (χ1) is 13.5. The highest BCUT2D eigenvalue weighted by molar-refractivity contribution is 14.1. The number of nitro benzene ring substituents is 1. The highest BCUT2D eigenvalue weighted by Gasteiger charge is 2.19. The maximum absolute atomic E-state index is 12.5. The van der Waals surface area contributed by atoms with Crippen LogP contribution in [0.4, 0.5) is 11.4 Å². The van der Waals surface area contributed by atoms with Crippen molar-refractivity contribution >= 4 is 51.0 Å². The smallest absolute Gasteiger partial charge is 0.282 e. The number of hydrogen-bond acceptors (Lipinski definition) is 5. The molecule has 28 heavy (non-hydrogen) atoms. The van der Waals surface area contributed by atoms with E-state index in [0.29, 0.717) is 22.7 Å². The maximum Gasteiger partial charge on any atom is 0.282 e. The molecule has 0 saturated heterocycles. The molecule has 3 aromatic carbocycles. The third-order valence-electron chi connectivity index (χ3n) is 4.08. The molecule has 1 aromatic heterocycles. The van der Waals surface area contributed by atoms with E-state index in [1.807, 2.05) is 24.3 Å². The predicted octanol–water partition coefficient (Wildman–Crippen LogP) is 5.26. The molecule has 0 saturated carbocycles.